The Hall–Kier alpha value is -5.27. The molecule has 0 saturated heterocycles. The number of pyridine rings is 2. The van der Waals surface area contributed by atoms with E-state index in [1.54, 1.807) is 0 Å². The van der Waals surface area contributed by atoms with E-state index in [0.29, 0.717) is 5.56 Å². The summed E-state index contributed by atoms with van der Waals surface area (Å²) in [7, 11) is 0. The normalized spacial score (nSPS) is 13.4. The summed E-state index contributed by atoms with van der Waals surface area (Å²) in [5.41, 5.74) is 13.6. The first kappa shape index (κ1) is 22.7. The molecule has 4 aromatic carbocycles. The van der Waals surface area contributed by atoms with E-state index in [2.05, 4.69) is 85.1 Å². The summed E-state index contributed by atoms with van der Waals surface area (Å²) >= 11 is 0. The Morgan fingerprint density at radius 3 is 2.25 bits per heavy atom. The predicted octanol–water partition coefficient (Wildman–Crippen LogP) is 8.55. The molecule has 1 aliphatic carbocycles. The fourth-order valence-corrected chi connectivity index (χ4v) is 6.37. The van der Waals surface area contributed by atoms with Gasteiger partial charge in [0.15, 0.2) is 0 Å². The van der Waals surface area contributed by atoms with Gasteiger partial charge < -0.3 is 0 Å². The lowest BCUT2D eigenvalue weighted by Gasteiger charge is -2.22. The summed E-state index contributed by atoms with van der Waals surface area (Å²) < 4.78 is 2.14. The van der Waals surface area contributed by atoms with E-state index < -0.39 is 0 Å². The van der Waals surface area contributed by atoms with Crippen molar-refractivity contribution in [3.63, 3.8) is 0 Å². The maximum absolute atomic E-state index is 9.48. The third kappa shape index (κ3) is 3.12. The number of rotatable bonds is 2. The summed E-state index contributed by atoms with van der Waals surface area (Å²) in [4.78, 5) is 10.3. The second kappa shape index (κ2) is 8.11. The molecule has 0 saturated carbocycles. The van der Waals surface area contributed by atoms with Crippen molar-refractivity contribution in [2.45, 2.75) is 19.3 Å². The lowest BCUT2D eigenvalue weighted by molar-refractivity contribution is 0.660. The summed E-state index contributed by atoms with van der Waals surface area (Å²) in [5.74, 6) is 0. The smallest absolute Gasteiger partial charge is 0.137 e. The van der Waals surface area contributed by atoms with Crippen LogP contribution in [0.25, 0.3) is 61.1 Å². The molecule has 0 atom stereocenters. The van der Waals surface area contributed by atoms with Crippen molar-refractivity contribution in [1.29, 1.82) is 5.26 Å². The SMILES string of the molecule is CC1(C)c2cc(C#N)ccc2-c2ccc(-c3ccc4nc(-c5ccccc5)c5c(nc6ccccn65)c4c3)cc21. The van der Waals surface area contributed by atoms with Crippen LogP contribution in [0.2, 0.25) is 0 Å². The van der Waals surface area contributed by atoms with Crippen molar-refractivity contribution in [2.75, 3.05) is 0 Å². The average Bonchev–Trinajstić information content (AvgIpc) is 3.50. The van der Waals surface area contributed by atoms with Gasteiger partial charge in [-0.25, -0.2) is 9.97 Å². The Kier molecular flexibility index (Phi) is 4.60. The Bertz CT molecular complexity index is 2200. The van der Waals surface area contributed by atoms with Gasteiger partial charge in [0.1, 0.15) is 11.2 Å². The van der Waals surface area contributed by atoms with E-state index in [4.69, 9.17) is 9.97 Å². The van der Waals surface area contributed by atoms with Gasteiger partial charge in [0.25, 0.3) is 0 Å². The molecule has 188 valence electrons. The van der Waals surface area contributed by atoms with Crippen molar-refractivity contribution >= 4 is 27.6 Å². The Morgan fingerprint density at radius 2 is 1.43 bits per heavy atom. The zero-order chi connectivity index (χ0) is 27.0. The number of hydrogen-bond donors (Lipinski definition) is 0. The van der Waals surface area contributed by atoms with Gasteiger partial charge in [0.2, 0.25) is 0 Å². The molecule has 0 spiro atoms. The molecule has 0 unspecified atom stereocenters. The molecule has 7 aromatic rings. The first-order chi connectivity index (χ1) is 19.5. The second-order valence-corrected chi connectivity index (χ2v) is 11.1. The lowest BCUT2D eigenvalue weighted by Crippen LogP contribution is -2.15. The minimum atomic E-state index is -0.189. The molecule has 4 heteroatoms. The first-order valence-electron chi connectivity index (χ1n) is 13.5. The van der Waals surface area contributed by atoms with E-state index in [0.717, 1.165) is 50.0 Å². The van der Waals surface area contributed by atoms with Gasteiger partial charge in [-0.15, -0.1) is 0 Å². The van der Waals surface area contributed by atoms with Crippen LogP contribution >= 0.6 is 0 Å². The number of aromatic nitrogens is 3. The van der Waals surface area contributed by atoms with E-state index in [1.807, 2.05) is 48.5 Å². The van der Waals surface area contributed by atoms with Crippen LogP contribution in [0.5, 0.6) is 0 Å². The highest BCUT2D eigenvalue weighted by molar-refractivity contribution is 6.10. The lowest BCUT2D eigenvalue weighted by atomic mass is 9.81. The van der Waals surface area contributed by atoms with Crippen molar-refractivity contribution in [3.8, 4) is 39.6 Å². The number of nitriles is 1. The van der Waals surface area contributed by atoms with Gasteiger partial charge in [-0.2, -0.15) is 5.26 Å². The predicted molar refractivity (Wildman–Crippen MR) is 161 cm³/mol. The van der Waals surface area contributed by atoms with Gasteiger partial charge in [-0.05, 0) is 75.8 Å². The summed E-state index contributed by atoms with van der Waals surface area (Å²) in [5, 5.41) is 10.5. The molecular weight excluding hydrogens is 488 g/mol. The Labute approximate surface area is 231 Å². The molecular formula is C36H24N4. The third-order valence-corrected chi connectivity index (χ3v) is 8.42. The van der Waals surface area contributed by atoms with Gasteiger partial charge >= 0.3 is 0 Å². The quantitative estimate of drug-likeness (QED) is 0.233. The van der Waals surface area contributed by atoms with Gasteiger partial charge in [0, 0.05) is 22.6 Å². The fourth-order valence-electron chi connectivity index (χ4n) is 6.37. The average molecular weight is 513 g/mol. The van der Waals surface area contributed by atoms with Gasteiger partial charge in [-0.3, -0.25) is 4.40 Å². The van der Waals surface area contributed by atoms with Crippen LogP contribution in [-0.4, -0.2) is 14.4 Å². The van der Waals surface area contributed by atoms with E-state index in [9.17, 15) is 5.26 Å². The zero-order valence-corrected chi connectivity index (χ0v) is 22.2. The molecule has 40 heavy (non-hydrogen) atoms. The van der Waals surface area contributed by atoms with Crippen LogP contribution in [0.15, 0.2) is 109 Å². The molecule has 0 amide bonds. The molecule has 0 N–H and O–H groups in total. The van der Waals surface area contributed by atoms with Gasteiger partial charge in [-0.1, -0.05) is 74.5 Å². The topological polar surface area (TPSA) is 54.0 Å². The summed E-state index contributed by atoms with van der Waals surface area (Å²) in [6, 6.07) is 38.0. The van der Waals surface area contributed by atoms with Crippen LogP contribution in [0, 0.1) is 11.3 Å². The number of imidazole rings is 1. The summed E-state index contributed by atoms with van der Waals surface area (Å²) in [6.07, 6.45) is 2.06. The van der Waals surface area contributed by atoms with Crippen LogP contribution < -0.4 is 0 Å². The third-order valence-electron chi connectivity index (χ3n) is 8.42. The standard InChI is InChI=1S/C36H24N4/c1-36(2)29-18-22(21-37)11-14-26(29)27-15-12-25(20-30(27)36)24-13-16-31-28(19-24)34-35(40-17-7-6-10-32(40)39-34)33(38-31)23-8-4-3-5-9-23/h3-20H,1-2H3. The maximum Gasteiger partial charge on any atom is 0.137 e. The van der Waals surface area contributed by atoms with Crippen LogP contribution in [0.4, 0.5) is 0 Å². The van der Waals surface area contributed by atoms with Crippen molar-refractivity contribution in [1.82, 2.24) is 14.4 Å². The molecule has 0 radical (unpaired) electrons. The molecule has 0 bridgehead atoms. The van der Waals surface area contributed by atoms with Crippen LogP contribution in [0.1, 0.15) is 30.5 Å². The van der Waals surface area contributed by atoms with Crippen LogP contribution in [0.3, 0.4) is 0 Å². The van der Waals surface area contributed by atoms with Crippen molar-refractivity contribution < 1.29 is 0 Å². The summed E-state index contributed by atoms with van der Waals surface area (Å²) in [6.45, 7) is 4.50. The molecule has 3 heterocycles. The second-order valence-electron chi connectivity index (χ2n) is 11.1. The maximum atomic E-state index is 9.48. The fraction of sp³-hybridized carbons (Fsp3) is 0.0833. The van der Waals surface area contributed by atoms with Crippen molar-refractivity contribution in [3.05, 3.63) is 126 Å². The van der Waals surface area contributed by atoms with E-state index in [1.165, 1.54) is 22.3 Å². The highest BCUT2D eigenvalue weighted by Crippen LogP contribution is 2.50. The molecule has 8 rings (SSSR count). The number of benzene rings is 4. The molecule has 0 fully saturated rings. The van der Waals surface area contributed by atoms with E-state index in [-0.39, 0.29) is 5.41 Å². The molecule has 0 aliphatic heterocycles. The Morgan fingerprint density at radius 1 is 0.700 bits per heavy atom. The number of fused-ring (bicyclic) bond motifs is 8. The first-order valence-corrected chi connectivity index (χ1v) is 13.5. The number of nitrogens with zero attached hydrogens (tertiary/aromatic N) is 4. The molecule has 1 aliphatic rings. The highest BCUT2D eigenvalue weighted by atomic mass is 15.0. The van der Waals surface area contributed by atoms with Crippen LogP contribution in [-0.2, 0) is 5.41 Å². The minimum Gasteiger partial charge on any atom is -0.298 e. The largest absolute Gasteiger partial charge is 0.298 e. The monoisotopic (exact) mass is 512 g/mol. The van der Waals surface area contributed by atoms with Crippen molar-refractivity contribution in [2.24, 2.45) is 0 Å². The minimum absolute atomic E-state index is 0.189. The number of hydrogen-bond acceptors (Lipinski definition) is 3. The van der Waals surface area contributed by atoms with E-state index >= 15 is 0 Å². The molecule has 3 aromatic heterocycles. The zero-order valence-electron chi connectivity index (χ0n) is 22.2. The Balaban J connectivity index is 1.34. The highest BCUT2D eigenvalue weighted by Gasteiger charge is 2.35. The van der Waals surface area contributed by atoms with Gasteiger partial charge in [0.05, 0.1) is 28.4 Å². The molecule has 4 nitrogen and oxygen atoms in total.